The Labute approximate surface area is 86.2 Å². The Morgan fingerprint density at radius 1 is 1.20 bits per heavy atom. The maximum absolute atomic E-state index is 11.8. The van der Waals surface area contributed by atoms with E-state index in [0.717, 1.165) is 11.1 Å². The van der Waals surface area contributed by atoms with Gasteiger partial charge in [-0.2, -0.15) is 0 Å². The van der Waals surface area contributed by atoms with Crippen molar-refractivity contribution in [1.29, 1.82) is 0 Å². The Balaban J connectivity index is 2.82. The number of allylic oxidation sites excluding steroid dienone is 2. The first kappa shape index (κ1) is 11.6. The maximum atomic E-state index is 11.8. The molecule has 15 heavy (non-hydrogen) atoms. The van der Waals surface area contributed by atoms with Crippen LogP contribution >= 0.6 is 0 Å². The third-order valence-electron chi connectivity index (χ3n) is 1.98. The molecule has 0 bridgehead atoms. The smallest absolute Gasteiger partial charge is 0.406 e. The monoisotopic (exact) mass is 216 g/mol. The molecule has 0 saturated carbocycles. The number of halogens is 3. The summed E-state index contributed by atoms with van der Waals surface area (Å²) < 4.78 is 39.2. The van der Waals surface area contributed by atoms with Crippen molar-refractivity contribution in [2.24, 2.45) is 0 Å². The Morgan fingerprint density at radius 2 is 1.73 bits per heavy atom. The molecule has 0 atom stereocenters. The minimum absolute atomic E-state index is 0.199. The van der Waals surface area contributed by atoms with Gasteiger partial charge < -0.3 is 4.74 Å². The second-order valence-electron chi connectivity index (χ2n) is 3.04. The molecule has 1 rings (SSSR count). The van der Waals surface area contributed by atoms with Crippen LogP contribution in [0.3, 0.4) is 0 Å². The second kappa shape index (κ2) is 4.38. The standard InChI is InChI=1S/C11H11F3O/c1-3-8(2)9-4-6-10(7-5-9)15-11(12,13)14/h3-7H,1-2H3. The van der Waals surface area contributed by atoms with Gasteiger partial charge in [0.2, 0.25) is 0 Å². The molecule has 82 valence electrons. The van der Waals surface area contributed by atoms with Crippen LogP contribution in [-0.4, -0.2) is 6.36 Å². The fraction of sp³-hybridized carbons (Fsp3) is 0.273. The summed E-state index contributed by atoms with van der Waals surface area (Å²) >= 11 is 0. The van der Waals surface area contributed by atoms with Crippen molar-refractivity contribution in [2.75, 3.05) is 0 Å². The molecule has 0 radical (unpaired) electrons. The topological polar surface area (TPSA) is 9.23 Å². The summed E-state index contributed by atoms with van der Waals surface area (Å²) in [6.07, 6.45) is -2.74. The maximum Gasteiger partial charge on any atom is 0.573 e. The SMILES string of the molecule is CC=C(C)c1ccc(OC(F)(F)F)cc1. The van der Waals surface area contributed by atoms with Gasteiger partial charge in [0, 0.05) is 0 Å². The van der Waals surface area contributed by atoms with E-state index in [0.29, 0.717) is 0 Å². The van der Waals surface area contributed by atoms with Gasteiger partial charge in [-0.25, -0.2) is 0 Å². The van der Waals surface area contributed by atoms with Gasteiger partial charge in [-0.15, -0.1) is 13.2 Å². The van der Waals surface area contributed by atoms with Crippen LogP contribution in [-0.2, 0) is 0 Å². The van der Waals surface area contributed by atoms with Gasteiger partial charge in [0.15, 0.2) is 0 Å². The van der Waals surface area contributed by atoms with Gasteiger partial charge in [0.25, 0.3) is 0 Å². The van der Waals surface area contributed by atoms with Crippen molar-refractivity contribution in [3.63, 3.8) is 0 Å². The third-order valence-corrected chi connectivity index (χ3v) is 1.98. The zero-order valence-electron chi connectivity index (χ0n) is 8.43. The molecule has 0 spiro atoms. The predicted octanol–water partition coefficient (Wildman–Crippen LogP) is 4.01. The zero-order chi connectivity index (χ0) is 11.5. The lowest BCUT2D eigenvalue weighted by Gasteiger charge is -2.09. The molecule has 0 heterocycles. The summed E-state index contributed by atoms with van der Waals surface area (Å²) in [5.74, 6) is -0.199. The zero-order valence-corrected chi connectivity index (χ0v) is 8.43. The molecule has 1 aromatic carbocycles. The minimum atomic E-state index is -4.63. The van der Waals surface area contributed by atoms with Crippen LogP contribution in [0, 0.1) is 0 Å². The lowest BCUT2D eigenvalue weighted by atomic mass is 10.1. The molecule has 0 fully saturated rings. The van der Waals surface area contributed by atoms with E-state index in [1.54, 1.807) is 12.1 Å². The summed E-state index contributed by atoms with van der Waals surface area (Å²) in [4.78, 5) is 0. The molecule has 1 nitrogen and oxygen atoms in total. The van der Waals surface area contributed by atoms with Crippen LogP contribution in [0.5, 0.6) is 5.75 Å². The van der Waals surface area contributed by atoms with Gasteiger partial charge in [-0.1, -0.05) is 18.2 Å². The highest BCUT2D eigenvalue weighted by Crippen LogP contribution is 2.24. The van der Waals surface area contributed by atoms with E-state index < -0.39 is 6.36 Å². The van der Waals surface area contributed by atoms with Crippen LogP contribution in [0.15, 0.2) is 30.3 Å². The molecule has 4 heteroatoms. The van der Waals surface area contributed by atoms with Gasteiger partial charge >= 0.3 is 6.36 Å². The molecular formula is C11H11F3O. The lowest BCUT2D eigenvalue weighted by molar-refractivity contribution is -0.274. The van der Waals surface area contributed by atoms with E-state index in [-0.39, 0.29) is 5.75 Å². The van der Waals surface area contributed by atoms with E-state index in [9.17, 15) is 13.2 Å². The van der Waals surface area contributed by atoms with E-state index in [2.05, 4.69) is 4.74 Å². The Bertz CT molecular complexity index is 349. The van der Waals surface area contributed by atoms with Gasteiger partial charge in [0.1, 0.15) is 5.75 Å². The first-order chi connectivity index (χ1) is 6.92. The highest BCUT2D eigenvalue weighted by Gasteiger charge is 2.30. The van der Waals surface area contributed by atoms with Crippen LogP contribution in [0.4, 0.5) is 13.2 Å². The quantitative estimate of drug-likeness (QED) is 0.725. The Hall–Kier alpha value is -1.45. The molecular weight excluding hydrogens is 205 g/mol. The molecule has 1 aromatic rings. The Kier molecular flexibility index (Phi) is 3.39. The molecule has 0 saturated heterocycles. The fourth-order valence-electron chi connectivity index (χ4n) is 1.09. The largest absolute Gasteiger partial charge is 0.573 e. The van der Waals surface area contributed by atoms with Crippen LogP contribution in [0.25, 0.3) is 5.57 Å². The number of hydrogen-bond donors (Lipinski definition) is 0. The van der Waals surface area contributed by atoms with E-state index in [1.807, 2.05) is 19.9 Å². The second-order valence-corrected chi connectivity index (χ2v) is 3.04. The number of alkyl halides is 3. The van der Waals surface area contributed by atoms with Crippen molar-refractivity contribution in [3.8, 4) is 5.75 Å². The van der Waals surface area contributed by atoms with E-state index in [4.69, 9.17) is 0 Å². The van der Waals surface area contributed by atoms with Crippen molar-refractivity contribution in [3.05, 3.63) is 35.9 Å². The molecule has 0 aromatic heterocycles. The average Bonchev–Trinajstić information content (AvgIpc) is 2.15. The van der Waals surface area contributed by atoms with Gasteiger partial charge in [-0.3, -0.25) is 0 Å². The van der Waals surface area contributed by atoms with Crippen LogP contribution in [0.2, 0.25) is 0 Å². The lowest BCUT2D eigenvalue weighted by Crippen LogP contribution is -2.16. The summed E-state index contributed by atoms with van der Waals surface area (Å²) in [5.41, 5.74) is 1.89. The first-order valence-electron chi connectivity index (χ1n) is 4.41. The van der Waals surface area contributed by atoms with Crippen molar-refractivity contribution in [1.82, 2.24) is 0 Å². The first-order valence-corrected chi connectivity index (χ1v) is 4.41. The summed E-state index contributed by atoms with van der Waals surface area (Å²) in [6.45, 7) is 3.76. The van der Waals surface area contributed by atoms with Crippen molar-refractivity contribution in [2.45, 2.75) is 20.2 Å². The van der Waals surface area contributed by atoms with Crippen molar-refractivity contribution < 1.29 is 17.9 Å². The summed E-state index contributed by atoms with van der Waals surface area (Å²) in [6, 6.07) is 5.79. The average molecular weight is 216 g/mol. The van der Waals surface area contributed by atoms with E-state index >= 15 is 0 Å². The normalized spacial score (nSPS) is 12.7. The number of hydrogen-bond acceptors (Lipinski definition) is 1. The van der Waals surface area contributed by atoms with Crippen LogP contribution in [0.1, 0.15) is 19.4 Å². The van der Waals surface area contributed by atoms with Crippen LogP contribution < -0.4 is 4.74 Å². The van der Waals surface area contributed by atoms with Gasteiger partial charge in [0.05, 0.1) is 0 Å². The third kappa shape index (κ3) is 3.65. The predicted molar refractivity (Wildman–Crippen MR) is 52.5 cm³/mol. The fourth-order valence-corrected chi connectivity index (χ4v) is 1.09. The van der Waals surface area contributed by atoms with Gasteiger partial charge in [-0.05, 0) is 37.1 Å². The van der Waals surface area contributed by atoms with E-state index in [1.165, 1.54) is 12.1 Å². The molecule has 0 aliphatic carbocycles. The number of rotatable bonds is 2. The number of ether oxygens (including phenoxy) is 1. The molecule has 0 aliphatic heterocycles. The highest BCUT2D eigenvalue weighted by atomic mass is 19.4. The summed E-state index contributed by atoms with van der Waals surface area (Å²) in [7, 11) is 0. The summed E-state index contributed by atoms with van der Waals surface area (Å²) in [5, 5.41) is 0. The Morgan fingerprint density at radius 3 is 2.13 bits per heavy atom. The number of benzene rings is 1. The van der Waals surface area contributed by atoms with Crippen molar-refractivity contribution >= 4 is 5.57 Å². The minimum Gasteiger partial charge on any atom is -0.406 e. The molecule has 0 aliphatic rings. The highest BCUT2D eigenvalue weighted by molar-refractivity contribution is 5.63. The molecule has 0 unspecified atom stereocenters. The molecule has 0 amide bonds. The molecule has 0 N–H and O–H groups in total.